The van der Waals surface area contributed by atoms with Crippen molar-refractivity contribution in [1.82, 2.24) is 0 Å². The maximum Gasteiger partial charge on any atom is 0.194 e. The first-order valence-corrected chi connectivity index (χ1v) is 5.55. The number of para-hydroxylation sites is 1. The molecule has 0 heterocycles. The van der Waals surface area contributed by atoms with Crippen LogP contribution in [0.2, 0.25) is 0 Å². The molecule has 0 aliphatic carbocycles. The first-order valence-electron chi connectivity index (χ1n) is 5.55. The van der Waals surface area contributed by atoms with Gasteiger partial charge in [0.05, 0.1) is 6.57 Å². The number of nitrogens with zero attached hydrogens (tertiary/aromatic N) is 1. The highest BCUT2D eigenvalue weighted by Crippen LogP contribution is 2.30. The lowest BCUT2D eigenvalue weighted by Crippen LogP contribution is -1.87. The Bertz CT molecular complexity index is 574. The summed E-state index contributed by atoms with van der Waals surface area (Å²) in [5.41, 5.74) is 3.95. The van der Waals surface area contributed by atoms with Crippen LogP contribution in [0.5, 0.6) is 0 Å². The highest BCUT2D eigenvalue weighted by molar-refractivity contribution is 5.86. The maximum absolute atomic E-state index is 7.21. The Hall–Kier alpha value is -2.33. The third-order valence-corrected chi connectivity index (χ3v) is 2.69. The van der Waals surface area contributed by atoms with Crippen LogP contribution in [0.25, 0.3) is 10.4 Å². The third kappa shape index (κ3) is 2.26. The summed E-state index contributed by atoms with van der Waals surface area (Å²) >= 11 is 0. The molecule has 2 aromatic rings. The lowest BCUT2D eigenvalue weighted by Gasteiger charge is -2.09. The van der Waals surface area contributed by atoms with Gasteiger partial charge in [-0.25, -0.2) is 4.85 Å². The molecule has 0 atom stereocenters. The predicted octanol–water partition coefficient (Wildman–Crippen LogP) is 4.69. The summed E-state index contributed by atoms with van der Waals surface area (Å²) in [5.74, 6) is 0. The fourth-order valence-corrected chi connectivity index (χ4v) is 1.89. The molecule has 82 valence electrons. The van der Waals surface area contributed by atoms with E-state index < -0.39 is 0 Å². The molecule has 0 unspecified atom stereocenters. The average molecular weight is 219 g/mol. The average Bonchev–Trinajstić information content (AvgIpc) is 2.41. The van der Waals surface area contributed by atoms with Crippen LogP contribution in [0.15, 0.2) is 60.7 Å². The van der Waals surface area contributed by atoms with Gasteiger partial charge in [0.1, 0.15) is 0 Å². The van der Waals surface area contributed by atoms with Gasteiger partial charge < -0.3 is 0 Å². The Balaban J connectivity index is 2.56. The van der Waals surface area contributed by atoms with E-state index in [1.165, 1.54) is 0 Å². The lowest BCUT2D eigenvalue weighted by molar-refractivity contribution is 1.53. The van der Waals surface area contributed by atoms with E-state index in [4.69, 9.17) is 6.57 Å². The van der Waals surface area contributed by atoms with Gasteiger partial charge in [-0.05, 0) is 23.6 Å². The molecule has 0 aromatic heterocycles. The fraction of sp³-hybridized carbons (Fsp3) is 0.0625. The molecule has 0 amide bonds. The highest BCUT2D eigenvalue weighted by atomic mass is 14.6. The number of hydrogen-bond acceptors (Lipinski definition) is 0. The summed E-state index contributed by atoms with van der Waals surface area (Å²) in [6.07, 6.45) is 2.05. The molecule has 0 saturated carbocycles. The summed E-state index contributed by atoms with van der Waals surface area (Å²) < 4.78 is 0. The molecule has 2 aromatic carbocycles. The minimum absolute atomic E-state index is 0.699. The van der Waals surface area contributed by atoms with Crippen molar-refractivity contribution in [3.05, 3.63) is 83.2 Å². The van der Waals surface area contributed by atoms with Crippen molar-refractivity contribution in [2.24, 2.45) is 0 Å². The Morgan fingerprint density at radius 3 is 2.29 bits per heavy atom. The van der Waals surface area contributed by atoms with Crippen molar-refractivity contribution in [3.8, 4) is 0 Å². The molecule has 2 rings (SSSR count). The van der Waals surface area contributed by atoms with Crippen LogP contribution in [0.1, 0.15) is 18.1 Å². The van der Waals surface area contributed by atoms with Crippen LogP contribution in [-0.2, 0) is 0 Å². The van der Waals surface area contributed by atoms with Crippen molar-refractivity contribution < 1.29 is 0 Å². The Morgan fingerprint density at radius 2 is 1.65 bits per heavy atom. The number of rotatable bonds is 2. The van der Waals surface area contributed by atoms with Crippen molar-refractivity contribution in [1.29, 1.82) is 0 Å². The van der Waals surface area contributed by atoms with E-state index >= 15 is 0 Å². The van der Waals surface area contributed by atoms with E-state index in [0.717, 1.165) is 16.7 Å². The Labute approximate surface area is 102 Å². The number of allylic oxidation sites excluding steroid dienone is 1. The molecule has 17 heavy (non-hydrogen) atoms. The summed E-state index contributed by atoms with van der Waals surface area (Å²) in [6, 6.07) is 17.9. The van der Waals surface area contributed by atoms with E-state index in [1.807, 2.05) is 49.4 Å². The molecular weight excluding hydrogens is 206 g/mol. The highest BCUT2D eigenvalue weighted by Gasteiger charge is 2.07. The van der Waals surface area contributed by atoms with E-state index in [0.29, 0.717) is 5.69 Å². The van der Waals surface area contributed by atoms with Crippen molar-refractivity contribution in [3.63, 3.8) is 0 Å². The van der Waals surface area contributed by atoms with Crippen molar-refractivity contribution in [2.45, 2.75) is 6.92 Å². The first-order chi connectivity index (χ1) is 8.36. The van der Waals surface area contributed by atoms with E-state index in [1.54, 1.807) is 0 Å². The minimum atomic E-state index is 0.699. The van der Waals surface area contributed by atoms with Crippen LogP contribution in [0, 0.1) is 6.57 Å². The van der Waals surface area contributed by atoms with Gasteiger partial charge in [0.15, 0.2) is 5.69 Å². The van der Waals surface area contributed by atoms with Gasteiger partial charge in [-0.1, -0.05) is 60.7 Å². The van der Waals surface area contributed by atoms with Gasteiger partial charge in [0.2, 0.25) is 0 Å². The Morgan fingerprint density at radius 1 is 1.00 bits per heavy atom. The summed E-state index contributed by atoms with van der Waals surface area (Å²) in [6.45, 7) is 9.22. The summed E-state index contributed by atoms with van der Waals surface area (Å²) in [5, 5.41) is 0. The molecular formula is C16H13N. The van der Waals surface area contributed by atoms with E-state index in [2.05, 4.69) is 23.1 Å². The summed E-state index contributed by atoms with van der Waals surface area (Å²) in [7, 11) is 0. The molecule has 0 spiro atoms. The van der Waals surface area contributed by atoms with Crippen molar-refractivity contribution in [2.75, 3.05) is 0 Å². The van der Waals surface area contributed by atoms with Gasteiger partial charge in [-0.2, -0.15) is 0 Å². The van der Waals surface area contributed by atoms with Crippen LogP contribution in [-0.4, -0.2) is 0 Å². The predicted molar refractivity (Wildman–Crippen MR) is 71.9 cm³/mol. The lowest BCUT2D eigenvalue weighted by atomic mass is 9.96. The summed E-state index contributed by atoms with van der Waals surface area (Å²) in [4.78, 5) is 3.57. The second-order valence-electron chi connectivity index (χ2n) is 3.70. The number of hydrogen-bond donors (Lipinski definition) is 0. The SMILES string of the molecule is [C-]#[N+]c1ccccc1/C(=C/C)c1ccccc1. The molecule has 0 aliphatic heterocycles. The molecule has 1 nitrogen and oxygen atoms in total. The van der Waals surface area contributed by atoms with Crippen LogP contribution in [0.4, 0.5) is 5.69 Å². The van der Waals surface area contributed by atoms with E-state index in [-0.39, 0.29) is 0 Å². The molecule has 0 aliphatic rings. The zero-order valence-corrected chi connectivity index (χ0v) is 9.72. The van der Waals surface area contributed by atoms with Crippen molar-refractivity contribution >= 4 is 11.3 Å². The second kappa shape index (κ2) is 5.14. The van der Waals surface area contributed by atoms with Gasteiger partial charge in [-0.3, -0.25) is 0 Å². The maximum atomic E-state index is 7.21. The van der Waals surface area contributed by atoms with Crippen LogP contribution >= 0.6 is 0 Å². The minimum Gasteiger partial charge on any atom is -0.238 e. The normalized spacial score (nSPS) is 10.9. The van der Waals surface area contributed by atoms with Crippen LogP contribution < -0.4 is 0 Å². The van der Waals surface area contributed by atoms with Crippen LogP contribution in [0.3, 0.4) is 0 Å². The van der Waals surface area contributed by atoms with Gasteiger partial charge in [0.25, 0.3) is 0 Å². The molecule has 1 heteroatoms. The monoisotopic (exact) mass is 219 g/mol. The second-order valence-corrected chi connectivity index (χ2v) is 3.70. The van der Waals surface area contributed by atoms with Gasteiger partial charge in [-0.15, -0.1) is 0 Å². The molecule has 0 saturated heterocycles. The van der Waals surface area contributed by atoms with Gasteiger partial charge >= 0.3 is 0 Å². The quantitative estimate of drug-likeness (QED) is 0.645. The molecule has 0 fully saturated rings. The van der Waals surface area contributed by atoms with Gasteiger partial charge in [0, 0.05) is 0 Å². The third-order valence-electron chi connectivity index (χ3n) is 2.69. The zero-order chi connectivity index (χ0) is 12.1. The zero-order valence-electron chi connectivity index (χ0n) is 9.72. The standard InChI is InChI=1S/C16H13N/c1-3-14(13-9-5-4-6-10-13)15-11-7-8-12-16(15)17-2/h3-12H,1H3/b14-3+. The first kappa shape index (κ1) is 11.2. The Kier molecular flexibility index (Phi) is 3.37. The number of benzene rings is 2. The largest absolute Gasteiger partial charge is 0.238 e. The topological polar surface area (TPSA) is 4.36 Å². The smallest absolute Gasteiger partial charge is 0.194 e. The molecule has 0 N–H and O–H groups in total. The van der Waals surface area contributed by atoms with E-state index in [9.17, 15) is 0 Å². The molecule has 0 radical (unpaired) electrons. The molecule has 0 bridgehead atoms. The fourth-order valence-electron chi connectivity index (χ4n) is 1.89.